The van der Waals surface area contributed by atoms with Gasteiger partial charge in [-0.3, -0.25) is 4.79 Å². The van der Waals surface area contributed by atoms with E-state index in [0.717, 1.165) is 48.4 Å². The van der Waals surface area contributed by atoms with Gasteiger partial charge in [0.25, 0.3) is 0 Å². The van der Waals surface area contributed by atoms with Crippen LogP contribution in [0.5, 0.6) is 11.5 Å². The van der Waals surface area contributed by atoms with Gasteiger partial charge in [-0.25, -0.2) is 0 Å². The number of Topliss-reactive ketones (excluding diaryl/α,β-unsaturated/α-hetero) is 1. The first-order valence-electron chi connectivity index (χ1n) is 8.13. The Morgan fingerprint density at radius 1 is 0.870 bits per heavy atom. The summed E-state index contributed by atoms with van der Waals surface area (Å²) in [6.07, 6.45) is 6.59. The quantitative estimate of drug-likeness (QED) is 0.614. The van der Waals surface area contributed by atoms with Gasteiger partial charge >= 0.3 is 0 Å². The van der Waals surface area contributed by atoms with Gasteiger partial charge in [0.2, 0.25) is 0 Å². The van der Waals surface area contributed by atoms with Crippen molar-refractivity contribution in [1.29, 1.82) is 0 Å². The van der Waals surface area contributed by atoms with E-state index in [4.69, 9.17) is 4.74 Å². The molecular formula is C20H21NO2. The molecule has 0 bridgehead atoms. The first-order chi connectivity index (χ1) is 11.3. The second-order valence-electron chi connectivity index (χ2n) is 5.71. The van der Waals surface area contributed by atoms with E-state index in [1.807, 2.05) is 60.8 Å². The third kappa shape index (κ3) is 4.22. The minimum Gasteiger partial charge on any atom is -0.455 e. The third-order valence-electron chi connectivity index (χ3n) is 3.97. The molecule has 1 aliphatic carbocycles. The number of nitrogens with one attached hydrogen (secondary N) is 1. The van der Waals surface area contributed by atoms with Gasteiger partial charge in [-0.15, -0.1) is 0 Å². The van der Waals surface area contributed by atoms with Crippen molar-refractivity contribution in [2.45, 2.75) is 32.1 Å². The highest BCUT2D eigenvalue weighted by molar-refractivity contribution is 5.95. The van der Waals surface area contributed by atoms with Gasteiger partial charge in [-0.05, 0) is 43.5 Å². The molecule has 0 spiro atoms. The summed E-state index contributed by atoms with van der Waals surface area (Å²) in [6, 6.07) is 17.4. The van der Waals surface area contributed by atoms with Crippen molar-refractivity contribution in [1.82, 2.24) is 0 Å². The number of rotatable bonds is 4. The van der Waals surface area contributed by atoms with Crippen molar-refractivity contribution in [2.75, 3.05) is 5.32 Å². The van der Waals surface area contributed by atoms with E-state index >= 15 is 0 Å². The Hall–Kier alpha value is -2.55. The lowest BCUT2D eigenvalue weighted by Crippen LogP contribution is -2.03. The van der Waals surface area contributed by atoms with Gasteiger partial charge in [0.15, 0.2) is 11.5 Å². The summed E-state index contributed by atoms with van der Waals surface area (Å²) in [4.78, 5) is 12.1. The van der Waals surface area contributed by atoms with Crippen molar-refractivity contribution < 1.29 is 9.53 Å². The summed E-state index contributed by atoms with van der Waals surface area (Å²) in [5, 5.41) is 3.25. The Bertz CT molecular complexity index is 692. The molecule has 0 amide bonds. The molecule has 2 aromatic rings. The van der Waals surface area contributed by atoms with Crippen molar-refractivity contribution in [3.63, 3.8) is 0 Å². The van der Waals surface area contributed by atoms with E-state index in [-0.39, 0.29) is 5.78 Å². The van der Waals surface area contributed by atoms with Gasteiger partial charge in [0.1, 0.15) is 5.75 Å². The number of carbonyl (C=O) groups is 1. The molecule has 1 saturated carbocycles. The highest BCUT2D eigenvalue weighted by atomic mass is 16.5. The fourth-order valence-electron chi connectivity index (χ4n) is 2.69. The predicted octanol–water partition coefficient (Wildman–Crippen LogP) is 5.31. The van der Waals surface area contributed by atoms with Crippen molar-refractivity contribution in [3.05, 3.63) is 66.4 Å². The van der Waals surface area contributed by atoms with E-state index in [1.54, 1.807) is 0 Å². The van der Waals surface area contributed by atoms with Crippen LogP contribution in [-0.2, 0) is 4.79 Å². The Morgan fingerprint density at radius 2 is 1.61 bits per heavy atom. The summed E-state index contributed by atoms with van der Waals surface area (Å²) in [5.41, 5.74) is 1.75. The minimum atomic E-state index is 0.261. The number of ketones is 1. The SMILES string of the molecule is O=C1CCCCCC1=CNc1ccccc1Oc1ccccc1. The fraction of sp³-hybridized carbons (Fsp3) is 0.250. The summed E-state index contributed by atoms with van der Waals surface area (Å²) in [5.74, 6) is 1.80. The Labute approximate surface area is 137 Å². The molecule has 0 saturated heterocycles. The zero-order valence-electron chi connectivity index (χ0n) is 13.1. The molecule has 1 fully saturated rings. The van der Waals surface area contributed by atoms with Crippen LogP contribution in [0.2, 0.25) is 0 Å². The molecule has 0 aliphatic heterocycles. The zero-order valence-corrected chi connectivity index (χ0v) is 13.1. The molecule has 23 heavy (non-hydrogen) atoms. The molecule has 1 aliphatic rings. The maximum absolute atomic E-state index is 12.1. The molecule has 0 atom stereocenters. The number of ether oxygens (including phenoxy) is 1. The minimum absolute atomic E-state index is 0.261. The van der Waals surface area contributed by atoms with Crippen molar-refractivity contribution in [2.24, 2.45) is 0 Å². The van der Waals surface area contributed by atoms with Crippen LogP contribution in [0.25, 0.3) is 0 Å². The van der Waals surface area contributed by atoms with Crippen LogP contribution in [0.1, 0.15) is 32.1 Å². The first kappa shape index (κ1) is 15.3. The van der Waals surface area contributed by atoms with Crippen LogP contribution >= 0.6 is 0 Å². The highest BCUT2D eigenvalue weighted by Gasteiger charge is 2.13. The summed E-state index contributed by atoms with van der Waals surface area (Å²) < 4.78 is 5.92. The Morgan fingerprint density at radius 3 is 2.48 bits per heavy atom. The largest absolute Gasteiger partial charge is 0.455 e. The monoisotopic (exact) mass is 307 g/mol. The standard InChI is InChI=1S/C20H21NO2/c22-19-13-6-1-3-9-16(19)15-21-18-12-7-8-14-20(18)23-17-10-4-2-5-11-17/h2,4-5,7-8,10-12,14-15,21H,1,3,6,9,13H2. The van der Waals surface area contributed by atoms with Crippen LogP contribution in [-0.4, -0.2) is 5.78 Å². The number of hydrogen-bond acceptors (Lipinski definition) is 3. The van der Waals surface area contributed by atoms with Gasteiger partial charge in [-0.2, -0.15) is 0 Å². The van der Waals surface area contributed by atoms with Crippen molar-refractivity contribution >= 4 is 11.5 Å². The maximum atomic E-state index is 12.1. The van der Waals surface area contributed by atoms with Crippen LogP contribution in [0.15, 0.2) is 66.4 Å². The molecule has 118 valence electrons. The second-order valence-corrected chi connectivity index (χ2v) is 5.71. The molecule has 0 radical (unpaired) electrons. The number of anilines is 1. The second kappa shape index (κ2) is 7.63. The molecule has 0 heterocycles. The fourth-order valence-corrected chi connectivity index (χ4v) is 2.69. The first-order valence-corrected chi connectivity index (χ1v) is 8.13. The molecule has 2 aromatic carbocycles. The normalized spacial score (nSPS) is 16.9. The van der Waals surface area contributed by atoms with E-state index in [0.29, 0.717) is 6.42 Å². The van der Waals surface area contributed by atoms with Crippen LogP contribution < -0.4 is 10.1 Å². The molecular weight excluding hydrogens is 286 g/mol. The average Bonchev–Trinajstić information content (AvgIpc) is 2.79. The Balaban J connectivity index is 1.76. The highest BCUT2D eigenvalue weighted by Crippen LogP contribution is 2.29. The van der Waals surface area contributed by atoms with E-state index in [2.05, 4.69) is 5.32 Å². The molecule has 0 aromatic heterocycles. The van der Waals surface area contributed by atoms with Crippen LogP contribution in [0, 0.1) is 0 Å². The predicted molar refractivity (Wildman–Crippen MR) is 92.8 cm³/mol. The van der Waals surface area contributed by atoms with Gasteiger partial charge in [0, 0.05) is 18.2 Å². The lowest BCUT2D eigenvalue weighted by atomic mass is 10.1. The number of hydrogen-bond donors (Lipinski definition) is 1. The zero-order chi connectivity index (χ0) is 15.9. The summed E-state index contributed by atoms with van der Waals surface area (Å²) in [7, 11) is 0. The molecule has 1 N–H and O–H groups in total. The number of allylic oxidation sites excluding steroid dienone is 1. The van der Waals surface area contributed by atoms with Crippen LogP contribution in [0.3, 0.4) is 0 Å². The molecule has 3 heteroatoms. The number of benzene rings is 2. The lowest BCUT2D eigenvalue weighted by molar-refractivity contribution is -0.115. The lowest BCUT2D eigenvalue weighted by Gasteiger charge is -2.11. The smallest absolute Gasteiger partial charge is 0.160 e. The van der Waals surface area contributed by atoms with E-state index in [9.17, 15) is 4.79 Å². The third-order valence-corrected chi connectivity index (χ3v) is 3.97. The van der Waals surface area contributed by atoms with E-state index in [1.165, 1.54) is 0 Å². The molecule has 3 nitrogen and oxygen atoms in total. The number of para-hydroxylation sites is 3. The maximum Gasteiger partial charge on any atom is 0.160 e. The molecule has 3 rings (SSSR count). The number of carbonyl (C=O) groups excluding carboxylic acids is 1. The van der Waals surface area contributed by atoms with Crippen LogP contribution in [0.4, 0.5) is 5.69 Å². The van der Waals surface area contributed by atoms with Gasteiger partial charge in [-0.1, -0.05) is 36.8 Å². The summed E-state index contributed by atoms with van der Waals surface area (Å²) >= 11 is 0. The van der Waals surface area contributed by atoms with Crippen molar-refractivity contribution in [3.8, 4) is 11.5 Å². The van der Waals surface area contributed by atoms with E-state index < -0.39 is 0 Å². The molecule has 0 unspecified atom stereocenters. The van der Waals surface area contributed by atoms with Gasteiger partial charge < -0.3 is 10.1 Å². The topological polar surface area (TPSA) is 38.3 Å². The Kier molecular flexibility index (Phi) is 5.09. The average molecular weight is 307 g/mol. The van der Waals surface area contributed by atoms with Gasteiger partial charge in [0.05, 0.1) is 5.69 Å². The summed E-state index contributed by atoms with van der Waals surface area (Å²) in [6.45, 7) is 0.